The van der Waals surface area contributed by atoms with E-state index in [4.69, 9.17) is 21.4 Å². The molecule has 1 atom stereocenters. The van der Waals surface area contributed by atoms with Crippen LogP contribution in [0.5, 0.6) is 5.75 Å². The Morgan fingerprint density at radius 3 is 2.43 bits per heavy atom. The number of halogens is 1. The van der Waals surface area contributed by atoms with Crippen LogP contribution in [0.1, 0.15) is 19.4 Å². The lowest BCUT2D eigenvalue weighted by atomic mass is 10.1. The standard InChI is InChI=1S/C14H19ClN2O4/c1-7(2)12(13(18)19)17-14(20)16-10-5-8(3)9(15)6-11(10)21-4/h5-7,12H,1-4H3,(H,18,19)(H2,16,17,20). The second-order valence-electron chi connectivity index (χ2n) is 4.96. The van der Waals surface area contributed by atoms with Crippen molar-refractivity contribution in [1.29, 1.82) is 0 Å². The van der Waals surface area contributed by atoms with Gasteiger partial charge in [-0.1, -0.05) is 25.4 Å². The Labute approximate surface area is 128 Å². The van der Waals surface area contributed by atoms with E-state index in [1.807, 2.05) is 0 Å². The number of hydrogen-bond donors (Lipinski definition) is 3. The molecule has 0 bridgehead atoms. The molecule has 1 aromatic rings. The number of amides is 2. The minimum atomic E-state index is -1.08. The summed E-state index contributed by atoms with van der Waals surface area (Å²) in [5.74, 6) is -0.918. The van der Waals surface area contributed by atoms with Gasteiger partial charge in [-0.3, -0.25) is 0 Å². The van der Waals surface area contributed by atoms with Crippen LogP contribution < -0.4 is 15.4 Å². The lowest BCUT2D eigenvalue weighted by Gasteiger charge is -2.19. The molecule has 1 rings (SSSR count). The van der Waals surface area contributed by atoms with Crippen LogP contribution >= 0.6 is 11.6 Å². The van der Waals surface area contributed by atoms with Crippen LogP contribution in [0.2, 0.25) is 5.02 Å². The van der Waals surface area contributed by atoms with Gasteiger partial charge >= 0.3 is 12.0 Å². The number of carbonyl (C=O) groups excluding carboxylic acids is 1. The van der Waals surface area contributed by atoms with E-state index in [2.05, 4.69) is 10.6 Å². The summed E-state index contributed by atoms with van der Waals surface area (Å²) in [6.07, 6.45) is 0. The van der Waals surface area contributed by atoms with Gasteiger partial charge in [-0.15, -0.1) is 0 Å². The minimum Gasteiger partial charge on any atom is -0.495 e. The Hall–Kier alpha value is -1.95. The fourth-order valence-corrected chi connectivity index (χ4v) is 1.90. The Morgan fingerprint density at radius 2 is 1.95 bits per heavy atom. The third kappa shape index (κ3) is 4.53. The zero-order valence-electron chi connectivity index (χ0n) is 12.4. The van der Waals surface area contributed by atoms with Gasteiger partial charge in [-0.05, 0) is 24.5 Å². The fraction of sp³-hybridized carbons (Fsp3) is 0.429. The maximum absolute atomic E-state index is 11.9. The maximum atomic E-state index is 11.9. The number of carbonyl (C=O) groups is 2. The maximum Gasteiger partial charge on any atom is 0.326 e. The van der Waals surface area contributed by atoms with Gasteiger partial charge in [0.15, 0.2) is 0 Å². The minimum absolute atomic E-state index is 0.234. The molecule has 1 aromatic carbocycles. The van der Waals surface area contributed by atoms with E-state index in [-0.39, 0.29) is 5.92 Å². The number of benzene rings is 1. The van der Waals surface area contributed by atoms with Gasteiger partial charge in [0.05, 0.1) is 12.8 Å². The first kappa shape index (κ1) is 17.1. The number of hydrogen-bond acceptors (Lipinski definition) is 3. The number of carboxylic acid groups (broad SMARTS) is 1. The van der Waals surface area contributed by atoms with E-state index in [0.717, 1.165) is 5.56 Å². The van der Waals surface area contributed by atoms with Crippen molar-refractivity contribution in [3.8, 4) is 5.75 Å². The van der Waals surface area contributed by atoms with Crippen LogP contribution in [0.3, 0.4) is 0 Å². The molecule has 0 heterocycles. The number of aliphatic carboxylic acids is 1. The van der Waals surface area contributed by atoms with Gasteiger partial charge in [0, 0.05) is 11.1 Å². The van der Waals surface area contributed by atoms with Crippen LogP contribution in [-0.2, 0) is 4.79 Å². The highest BCUT2D eigenvalue weighted by Crippen LogP contribution is 2.30. The second-order valence-corrected chi connectivity index (χ2v) is 5.37. The molecule has 0 aliphatic rings. The van der Waals surface area contributed by atoms with Gasteiger partial charge in [0.2, 0.25) is 0 Å². The van der Waals surface area contributed by atoms with Crippen molar-refractivity contribution in [1.82, 2.24) is 5.32 Å². The van der Waals surface area contributed by atoms with E-state index in [1.54, 1.807) is 32.9 Å². The highest BCUT2D eigenvalue weighted by molar-refractivity contribution is 6.31. The van der Waals surface area contributed by atoms with Gasteiger partial charge in [0.25, 0.3) is 0 Å². The molecule has 0 fully saturated rings. The number of anilines is 1. The predicted molar refractivity (Wildman–Crippen MR) is 81.2 cm³/mol. The molecule has 0 aliphatic carbocycles. The highest BCUT2D eigenvalue weighted by atomic mass is 35.5. The topological polar surface area (TPSA) is 87.7 Å². The number of urea groups is 1. The number of aryl methyl sites for hydroxylation is 1. The molecular formula is C14H19ClN2O4. The van der Waals surface area contributed by atoms with E-state index < -0.39 is 18.0 Å². The average molecular weight is 315 g/mol. The first-order valence-corrected chi connectivity index (χ1v) is 6.78. The number of methoxy groups -OCH3 is 1. The summed E-state index contributed by atoms with van der Waals surface area (Å²) >= 11 is 5.98. The molecule has 0 saturated carbocycles. The van der Waals surface area contributed by atoms with Crippen LogP contribution in [0.4, 0.5) is 10.5 Å². The molecule has 0 spiro atoms. The summed E-state index contributed by atoms with van der Waals surface area (Å²) in [5, 5.41) is 14.6. The molecule has 7 heteroatoms. The van der Waals surface area contributed by atoms with Crippen molar-refractivity contribution in [2.75, 3.05) is 12.4 Å². The summed E-state index contributed by atoms with van der Waals surface area (Å²) in [6, 6.07) is 1.66. The third-order valence-corrected chi connectivity index (χ3v) is 3.36. The average Bonchev–Trinajstić information content (AvgIpc) is 2.39. The van der Waals surface area contributed by atoms with Gasteiger partial charge in [-0.25, -0.2) is 9.59 Å². The molecule has 0 aliphatic heterocycles. The van der Waals surface area contributed by atoms with Crippen LogP contribution in [-0.4, -0.2) is 30.3 Å². The molecular weight excluding hydrogens is 296 g/mol. The SMILES string of the molecule is COc1cc(Cl)c(C)cc1NC(=O)NC(C(=O)O)C(C)C. The Bertz CT molecular complexity index is 546. The number of nitrogens with one attached hydrogen (secondary N) is 2. The van der Waals surface area contributed by atoms with Crippen LogP contribution in [0.15, 0.2) is 12.1 Å². The molecule has 0 radical (unpaired) electrons. The lowest BCUT2D eigenvalue weighted by Crippen LogP contribution is -2.46. The van der Waals surface area contributed by atoms with Crippen LogP contribution in [0, 0.1) is 12.8 Å². The Morgan fingerprint density at radius 1 is 1.33 bits per heavy atom. The molecule has 2 amide bonds. The summed E-state index contributed by atoms with van der Waals surface area (Å²) in [5.41, 5.74) is 1.19. The highest BCUT2D eigenvalue weighted by Gasteiger charge is 2.23. The lowest BCUT2D eigenvalue weighted by molar-refractivity contribution is -0.140. The number of ether oxygens (including phenoxy) is 1. The first-order chi connectivity index (χ1) is 9.76. The normalized spacial score (nSPS) is 11.9. The fourth-order valence-electron chi connectivity index (χ4n) is 1.74. The van der Waals surface area contributed by atoms with E-state index in [1.165, 1.54) is 7.11 Å². The molecule has 0 saturated heterocycles. The zero-order chi connectivity index (χ0) is 16.2. The van der Waals surface area contributed by atoms with Gasteiger partial charge in [0.1, 0.15) is 11.8 Å². The summed E-state index contributed by atoms with van der Waals surface area (Å²) in [7, 11) is 1.46. The second kappa shape index (κ2) is 7.17. The molecule has 116 valence electrons. The van der Waals surface area contributed by atoms with Crippen molar-refractivity contribution >= 4 is 29.3 Å². The van der Waals surface area contributed by atoms with Gasteiger partial charge < -0.3 is 20.5 Å². The van der Waals surface area contributed by atoms with Crippen molar-refractivity contribution in [2.24, 2.45) is 5.92 Å². The smallest absolute Gasteiger partial charge is 0.326 e. The van der Waals surface area contributed by atoms with E-state index in [0.29, 0.717) is 16.5 Å². The van der Waals surface area contributed by atoms with Crippen LogP contribution in [0.25, 0.3) is 0 Å². The monoisotopic (exact) mass is 314 g/mol. The Balaban J connectivity index is 2.88. The van der Waals surface area contributed by atoms with Crippen molar-refractivity contribution in [3.63, 3.8) is 0 Å². The Kier molecular flexibility index (Phi) is 5.84. The third-order valence-electron chi connectivity index (χ3n) is 2.95. The van der Waals surface area contributed by atoms with Crippen molar-refractivity contribution < 1.29 is 19.4 Å². The first-order valence-electron chi connectivity index (χ1n) is 6.40. The number of carboxylic acids is 1. The molecule has 0 aromatic heterocycles. The quantitative estimate of drug-likeness (QED) is 0.779. The largest absolute Gasteiger partial charge is 0.495 e. The van der Waals surface area contributed by atoms with E-state index >= 15 is 0 Å². The molecule has 1 unspecified atom stereocenters. The van der Waals surface area contributed by atoms with E-state index in [9.17, 15) is 9.59 Å². The molecule has 3 N–H and O–H groups in total. The summed E-state index contributed by atoms with van der Waals surface area (Å²) in [4.78, 5) is 23.0. The summed E-state index contributed by atoms with van der Waals surface area (Å²) < 4.78 is 5.14. The van der Waals surface area contributed by atoms with Crippen molar-refractivity contribution in [3.05, 3.63) is 22.7 Å². The predicted octanol–water partition coefficient (Wildman–Crippen LogP) is 2.89. The zero-order valence-corrected chi connectivity index (χ0v) is 13.1. The van der Waals surface area contributed by atoms with Gasteiger partial charge in [-0.2, -0.15) is 0 Å². The number of rotatable bonds is 5. The molecule has 21 heavy (non-hydrogen) atoms. The van der Waals surface area contributed by atoms with Crippen molar-refractivity contribution in [2.45, 2.75) is 26.8 Å². The molecule has 6 nitrogen and oxygen atoms in total. The summed E-state index contributed by atoms with van der Waals surface area (Å²) in [6.45, 7) is 5.22.